The number of carbonyl (C=O) groups is 2. The Morgan fingerprint density at radius 1 is 0.929 bits per heavy atom. The van der Waals surface area contributed by atoms with Crippen LogP contribution < -0.4 is 4.74 Å². The van der Waals surface area contributed by atoms with Crippen molar-refractivity contribution in [1.82, 2.24) is 4.90 Å². The van der Waals surface area contributed by atoms with Gasteiger partial charge in [-0.05, 0) is 49.9 Å². The molecule has 0 spiro atoms. The van der Waals surface area contributed by atoms with Gasteiger partial charge in [-0.3, -0.25) is 0 Å². The highest BCUT2D eigenvalue weighted by Gasteiger charge is 2.13. The smallest absolute Gasteiger partial charge is 0.414 e. The van der Waals surface area contributed by atoms with Crippen LogP contribution in [-0.4, -0.2) is 64.5 Å². The molecule has 0 aliphatic heterocycles. The number of carboxylic acids is 2. The van der Waals surface area contributed by atoms with Gasteiger partial charge < -0.3 is 25.0 Å². The third kappa shape index (κ3) is 15.0. The SMILES string of the molecule is CC(C)CCN(CCC(C)C)CC(O)COc1ccccc1.O=C(O)C(=O)O. The lowest BCUT2D eigenvalue weighted by Crippen LogP contribution is -2.37. The van der Waals surface area contributed by atoms with E-state index >= 15 is 0 Å². The second-order valence-corrected chi connectivity index (χ2v) is 7.55. The van der Waals surface area contributed by atoms with Gasteiger partial charge in [0, 0.05) is 6.54 Å². The maximum Gasteiger partial charge on any atom is 0.414 e. The number of ether oxygens (including phenoxy) is 1. The quantitative estimate of drug-likeness (QED) is 0.493. The minimum absolute atomic E-state index is 0.351. The lowest BCUT2D eigenvalue weighted by molar-refractivity contribution is -0.159. The fourth-order valence-corrected chi connectivity index (χ4v) is 2.24. The number of carboxylic acid groups (broad SMARTS) is 2. The van der Waals surface area contributed by atoms with E-state index < -0.39 is 18.0 Å². The number of aliphatic hydroxyl groups is 1. The molecule has 0 bridgehead atoms. The van der Waals surface area contributed by atoms with Gasteiger partial charge in [-0.1, -0.05) is 45.9 Å². The Morgan fingerprint density at radius 2 is 1.39 bits per heavy atom. The molecule has 28 heavy (non-hydrogen) atoms. The van der Waals surface area contributed by atoms with Crippen molar-refractivity contribution in [2.45, 2.75) is 46.6 Å². The second kappa shape index (κ2) is 14.9. The van der Waals surface area contributed by atoms with Gasteiger partial charge in [0.25, 0.3) is 0 Å². The van der Waals surface area contributed by atoms with Crippen LogP contribution in [0, 0.1) is 11.8 Å². The van der Waals surface area contributed by atoms with Crippen molar-refractivity contribution in [3.63, 3.8) is 0 Å². The first-order chi connectivity index (χ1) is 13.1. The first kappa shape index (κ1) is 25.9. The fraction of sp³-hybridized carbons (Fsp3) is 0.619. The average molecular weight is 398 g/mol. The summed E-state index contributed by atoms with van der Waals surface area (Å²) in [6.45, 7) is 12.1. The summed E-state index contributed by atoms with van der Waals surface area (Å²) < 4.78 is 5.64. The van der Waals surface area contributed by atoms with E-state index in [0.717, 1.165) is 18.8 Å². The molecule has 0 aliphatic carbocycles. The lowest BCUT2D eigenvalue weighted by atomic mass is 10.1. The van der Waals surface area contributed by atoms with E-state index in [9.17, 15) is 5.11 Å². The summed E-state index contributed by atoms with van der Waals surface area (Å²) in [7, 11) is 0. The van der Waals surface area contributed by atoms with Crippen LogP contribution in [0.2, 0.25) is 0 Å². The second-order valence-electron chi connectivity index (χ2n) is 7.55. The third-order valence-corrected chi connectivity index (χ3v) is 3.88. The van der Waals surface area contributed by atoms with Gasteiger partial charge in [-0.15, -0.1) is 0 Å². The zero-order valence-electron chi connectivity index (χ0n) is 17.4. The summed E-state index contributed by atoms with van der Waals surface area (Å²) in [6, 6.07) is 9.69. The van der Waals surface area contributed by atoms with Crippen LogP contribution in [0.25, 0.3) is 0 Å². The van der Waals surface area contributed by atoms with Gasteiger partial charge in [-0.2, -0.15) is 0 Å². The van der Waals surface area contributed by atoms with Gasteiger partial charge in [0.05, 0.1) is 0 Å². The first-order valence-corrected chi connectivity index (χ1v) is 9.66. The highest BCUT2D eigenvalue weighted by molar-refractivity contribution is 6.27. The molecule has 7 nitrogen and oxygen atoms in total. The molecule has 1 atom stereocenters. The molecular weight excluding hydrogens is 362 g/mol. The van der Waals surface area contributed by atoms with Crippen molar-refractivity contribution in [2.24, 2.45) is 11.8 Å². The van der Waals surface area contributed by atoms with E-state index in [0.29, 0.717) is 25.0 Å². The molecule has 0 saturated carbocycles. The number of nitrogens with zero attached hydrogens (tertiary/aromatic N) is 1. The standard InChI is InChI=1S/C19H33NO2.C2H2O4/c1-16(2)10-12-20(13-11-17(3)4)14-18(21)15-22-19-8-6-5-7-9-19;3-1(4)2(5)6/h5-9,16-18,21H,10-15H2,1-4H3;(H,3,4)(H,5,6). The van der Waals surface area contributed by atoms with Crippen molar-refractivity contribution in [2.75, 3.05) is 26.2 Å². The van der Waals surface area contributed by atoms with E-state index in [2.05, 4.69) is 32.6 Å². The molecule has 1 unspecified atom stereocenters. The topological polar surface area (TPSA) is 107 Å². The molecule has 3 N–H and O–H groups in total. The largest absolute Gasteiger partial charge is 0.491 e. The average Bonchev–Trinajstić information content (AvgIpc) is 2.63. The van der Waals surface area contributed by atoms with Crippen molar-refractivity contribution in [1.29, 1.82) is 0 Å². The van der Waals surface area contributed by atoms with Crippen LogP contribution in [0.15, 0.2) is 30.3 Å². The molecule has 1 aromatic rings. The summed E-state index contributed by atoms with van der Waals surface area (Å²) in [5, 5.41) is 25.0. The molecule has 0 radical (unpaired) electrons. The predicted molar refractivity (Wildman–Crippen MR) is 109 cm³/mol. The molecule has 0 aromatic heterocycles. The molecule has 1 rings (SSSR count). The van der Waals surface area contributed by atoms with E-state index in [-0.39, 0.29) is 0 Å². The Balaban J connectivity index is 0.00000105. The fourth-order valence-electron chi connectivity index (χ4n) is 2.24. The number of benzene rings is 1. The van der Waals surface area contributed by atoms with Gasteiger partial charge in [0.1, 0.15) is 18.5 Å². The molecule has 7 heteroatoms. The molecule has 0 amide bonds. The summed E-state index contributed by atoms with van der Waals surface area (Å²) in [6.07, 6.45) is 1.90. The van der Waals surface area contributed by atoms with Crippen LogP contribution in [0.1, 0.15) is 40.5 Å². The number of para-hydroxylation sites is 1. The summed E-state index contributed by atoms with van der Waals surface area (Å²) in [5.41, 5.74) is 0. The Bertz CT molecular complexity index is 523. The maximum atomic E-state index is 10.2. The summed E-state index contributed by atoms with van der Waals surface area (Å²) in [4.78, 5) is 20.6. The first-order valence-electron chi connectivity index (χ1n) is 9.66. The molecule has 0 heterocycles. The predicted octanol–water partition coefficient (Wildman–Crippen LogP) is 2.98. The highest BCUT2D eigenvalue weighted by Crippen LogP contribution is 2.10. The minimum Gasteiger partial charge on any atom is -0.491 e. The number of hydrogen-bond acceptors (Lipinski definition) is 5. The monoisotopic (exact) mass is 397 g/mol. The molecular formula is C21H35NO6. The van der Waals surface area contributed by atoms with Crippen molar-refractivity contribution in [3.8, 4) is 5.75 Å². The Labute approximate surface area is 167 Å². The van der Waals surface area contributed by atoms with E-state index in [1.54, 1.807) is 0 Å². The normalized spacial score (nSPS) is 11.9. The molecule has 160 valence electrons. The molecule has 0 aliphatic rings. The van der Waals surface area contributed by atoms with Gasteiger partial charge in [0.15, 0.2) is 0 Å². The zero-order valence-corrected chi connectivity index (χ0v) is 17.4. The molecule has 0 saturated heterocycles. The molecule has 1 aromatic carbocycles. The van der Waals surface area contributed by atoms with Crippen LogP contribution in [0.4, 0.5) is 0 Å². The van der Waals surface area contributed by atoms with E-state index in [4.69, 9.17) is 24.5 Å². The van der Waals surface area contributed by atoms with Crippen molar-refractivity contribution in [3.05, 3.63) is 30.3 Å². The maximum absolute atomic E-state index is 10.2. The Hall–Kier alpha value is -2.12. The third-order valence-electron chi connectivity index (χ3n) is 3.88. The van der Waals surface area contributed by atoms with Gasteiger partial charge in [-0.25, -0.2) is 9.59 Å². The number of rotatable bonds is 11. The van der Waals surface area contributed by atoms with Crippen LogP contribution in [0.5, 0.6) is 5.75 Å². The number of aliphatic carboxylic acids is 2. The van der Waals surface area contributed by atoms with Crippen molar-refractivity contribution < 1.29 is 29.6 Å². The van der Waals surface area contributed by atoms with Crippen LogP contribution in [0.3, 0.4) is 0 Å². The van der Waals surface area contributed by atoms with E-state index in [1.165, 1.54) is 12.8 Å². The number of hydrogen-bond donors (Lipinski definition) is 3. The van der Waals surface area contributed by atoms with Crippen molar-refractivity contribution >= 4 is 11.9 Å². The van der Waals surface area contributed by atoms with E-state index in [1.807, 2.05) is 30.3 Å². The minimum atomic E-state index is -1.82. The zero-order chi connectivity index (χ0) is 21.5. The van der Waals surface area contributed by atoms with Gasteiger partial charge in [0.2, 0.25) is 0 Å². The van der Waals surface area contributed by atoms with Crippen LogP contribution >= 0.6 is 0 Å². The van der Waals surface area contributed by atoms with Crippen LogP contribution in [-0.2, 0) is 9.59 Å². The molecule has 0 fully saturated rings. The highest BCUT2D eigenvalue weighted by atomic mass is 16.5. The summed E-state index contributed by atoms with van der Waals surface area (Å²) in [5.74, 6) is -1.44. The van der Waals surface area contributed by atoms with Gasteiger partial charge >= 0.3 is 11.9 Å². The Kier molecular flexibility index (Phi) is 13.8. The summed E-state index contributed by atoms with van der Waals surface area (Å²) >= 11 is 0. The lowest BCUT2D eigenvalue weighted by Gasteiger charge is -2.26. The number of aliphatic hydroxyl groups excluding tert-OH is 1. The Morgan fingerprint density at radius 3 is 1.79 bits per heavy atom.